The standard InChI is InChI=1S/C8H15N3O2/c1-2-13-8(12)11-6(7(9)10)5-3-4-5/h5-6H,2-4H2,1H3,(H3,9,10)(H,11,12). The largest absolute Gasteiger partial charge is 0.450 e. The molecule has 0 heterocycles. The van der Waals surface area contributed by atoms with E-state index in [0.29, 0.717) is 12.5 Å². The fourth-order valence-electron chi connectivity index (χ4n) is 1.18. The van der Waals surface area contributed by atoms with Crippen LogP contribution in [0.3, 0.4) is 0 Å². The van der Waals surface area contributed by atoms with Gasteiger partial charge in [-0.1, -0.05) is 0 Å². The van der Waals surface area contributed by atoms with Crippen molar-refractivity contribution in [2.24, 2.45) is 11.7 Å². The van der Waals surface area contributed by atoms with E-state index in [0.717, 1.165) is 12.8 Å². The average molecular weight is 185 g/mol. The van der Waals surface area contributed by atoms with Gasteiger partial charge in [-0.25, -0.2) is 4.79 Å². The Morgan fingerprint density at radius 2 is 2.38 bits per heavy atom. The van der Waals surface area contributed by atoms with E-state index in [2.05, 4.69) is 5.32 Å². The molecular formula is C8H15N3O2. The van der Waals surface area contributed by atoms with Gasteiger partial charge in [-0.2, -0.15) is 0 Å². The number of hydrogen-bond donors (Lipinski definition) is 3. The topological polar surface area (TPSA) is 88.2 Å². The lowest BCUT2D eigenvalue weighted by Gasteiger charge is -2.15. The minimum absolute atomic E-state index is 0.00977. The minimum Gasteiger partial charge on any atom is -0.450 e. The Hall–Kier alpha value is -1.26. The van der Waals surface area contributed by atoms with Crippen LogP contribution in [0.25, 0.3) is 0 Å². The summed E-state index contributed by atoms with van der Waals surface area (Å²) in [6, 6.07) is -0.334. The molecule has 0 radical (unpaired) electrons. The normalized spacial score (nSPS) is 17.6. The molecule has 74 valence electrons. The number of hydrogen-bond acceptors (Lipinski definition) is 3. The number of amides is 1. The van der Waals surface area contributed by atoms with Gasteiger partial charge >= 0.3 is 6.09 Å². The van der Waals surface area contributed by atoms with Gasteiger partial charge in [0.05, 0.1) is 12.6 Å². The summed E-state index contributed by atoms with van der Waals surface area (Å²) in [5, 5.41) is 9.82. The second-order valence-electron chi connectivity index (χ2n) is 3.14. The molecule has 5 heteroatoms. The second kappa shape index (κ2) is 4.11. The summed E-state index contributed by atoms with van der Waals surface area (Å²) in [5.41, 5.74) is 5.34. The van der Waals surface area contributed by atoms with Crippen LogP contribution in [0, 0.1) is 11.3 Å². The van der Waals surface area contributed by atoms with Gasteiger partial charge < -0.3 is 15.8 Å². The molecule has 0 saturated heterocycles. The van der Waals surface area contributed by atoms with E-state index in [9.17, 15) is 4.79 Å². The Labute approximate surface area is 77.1 Å². The van der Waals surface area contributed by atoms with Crippen LogP contribution in [0.5, 0.6) is 0 Å². The summed E-state index contributed by atoms with van der Waals surface area (Å²) < 4.78 is 4.70. The average Bonchev–Trinajstić information content (AvgIpc) is 2.82. The molecule has 0 aromatic heterocycles. The van der Waals surface area contributed by atoms with Crippen molar-refractivity contribution in [3.05, 3.63) is 0 Å². The lowest BCUT2D eigenvalue weighted by atomic mass is 10.2. The summed E-state index contributed by atoms with van der Waals surface area (Å²) in [6.07, 6.45) is 1.56. The van der Waals surface area contributed by atoms with Crippen LogP contribution < -0.4 is 11.1 Å². The highest BCUT2D eigenvalue weighted by Gasteiger charge is 2.34. The first-order valence-electron chi connectivity index (χ1n) is 4.42. The zero-order valence-electron chi connectivity index (χ0n) is 7.67. The molecule has 13 heavy (non-hydrogen) atoms. The van der Waals surface area contributed by atoms with Gasteiger partial charge in [-0.15, -0.1) is 0 Å². The SMILES string of the molecule is CCOC(=O)NC(C(=N)N)C1CC1. The Morgan fingerprint density at radius 1 is 1.77 bits per heavy atom. The minimum atomic E-state index is -0.491. The van der Waals surface area contributed by atoms with Crippen molar-refractivity contribution in [3.8, 4) is 0 Å². The van der Waals surface area contributed by atoms with Gasteiger partial charge in [0.1, 0.15) is 5.84 Å². The molecule has 0 aromatic rings. The van der Waals surface area contributed by atoms with Crippen molar-refractivity contribution in [3.63, 3.8) is 0 Å². The van der Waals surface area contributed by atoms with Crippen molar-refractivity contribution < 1.29 is 9.53 Å². The first kappa shape index (κ1) is 9.83. The molecule has 4 N–H and O–H groups in total. The van der Waals surface area contributed by atoms with E-state index in [4.69, 9.17) is 15.9 Å². The number of ether oxygens (including phenoxy) is 1. The van der Waals surface area contributed by atoms with E-state index in [1.807, 2.05) is 0 Å². The maximum absolute atomic E-state index is 11.0. The van der Waals surface area contributed by atoms with Crippen LogP contribution >= 0.6 is 0 Å². The van der Waals surface area contributed by atoms with E-state index >= 15 is 0 Å². The van der Waals surface area contributed by atoms with Crippen molar-refractivity contribution in [1.29, 1.82) is 5.41 Å². The lowest BCUT2D eigenvalue weighted by molar-refractivity contribution is 0.149. The number of carbonyl (C=O) groups is 1. The zero-order valence-corrected chi connectivity index (χ0v) is 7.67. The number of nitrogens with two attached hydrogens (primary N) is 1. The second-order valence-corrected chi connectivity index (χ2v) is 3.14. The van der Waals surface area contributed by atoms with Gasteiger partial charge in [0.15, 0.2) is 0 Å². The summed E-state index contributed by atoms with van der Waals surface area (Å²) >= 11 is 0. The number of carbonyl (C=O) groups excluding carboxylic acids is 1. The van der Waals surface area contributed by atoms with Crippen LogP contribution in [0.4, 0.5) is 4.79 Å². The summed E-state index contributed by atoms with van der Waals surface area (Å²) in [7, 11) is 0. The molecule has 0 bridgehead atoms. The van der Waals surface area contributed by atoms with Crippen LogP contribution in [0.1, 0.15) is 19.8 Å². The monoisotopic (exact) mass is 185 g/mol. The molecule has 0 spiro atoms. The molecule has 1 rings (SSSR count). The number of nitrogens with one attached hydrogen (secondary N) is 2. The van der Waals surface area contributed by atoms with Crippen molar-refractivity contribution >= 4 is 11.9 Å². The molecule has 1 saturated carbocycles. The molecule has 1 fully saturated rings. The molecule has 1 aliphatic rings. The third kappa shape index (κ3) is 2.93. The molecule has 1 unspecified atom stereocenters. The molecule has 5 nitrogen and oxygen atoms in total. The first-order valence-corrected chi connectivity index (χ1v) is 4.42. The highest BCUT2D eigenvalue weighted by molar-refractivity contribution is 5.87. The number of alkyl carbamates (subject to hydrolysis) is 1. The quantitative estimate of drug-likeness (QED) is 0.439. The third-order valence-electron chi connectivity index (χ3n) is 1.98. The molecule has 1 aliphatic carbocycles. The number of amidine groups is 1. The highest BCUT2D eigenvalue weighted by atomic mass is 16.5. The van der Waals surface area contributed by atoms with Gasteiger partial charge in [-0.3, -0.25) is 5.41 Å². The van der Waals surface area contributed by atoms with Gasteiger partial charge in [0.25, 0.3) is 0 Å². The van der Waals surface area contributed by atoms with Gasteiger partial charge in [0, 0.05) is 0 Å². The maximum Gasteiger partial charge on any atom is 0.407 e. The van der Waals surface area contributed by atoms with E-state index in [-0.39, 0.29) is 11.9 Å². The molecule has 0 aliphatic heterocycles. The fraction of sp³-hybridized carbons (Fsp3) is 0.750. The molecule has 0 aromatic carbocycles. The molecule has 1 atom stereocenters. The Kier molecular flexibility index (Phi) is 3.11. The van der Waals surface area contributed by atoms with Crippen LogP contribution in [-0.4, -0.2) is 24.6 Å². The van der Waals surface area contributed by atoms with Crippen LogP contribution in [0.15, 0.2) is 0 Å². The van der Waals surface area contributed by atoms with Crippen molar-refractivity contribution in [2.45, 2.75) is 25.8 Å². The van der Waals surface area contributed by atoms with Gasteiger partial charge in [0.2, 0.25) is 0 Å². The Morgan fingerprint density at radius 3 is 2.77 bits per heavy atom. The van der Waals surface area contributed by atoms with Crippen molar-refractivity contribution in [2.75, 3.05) is 6.61 Å². The van der Waals surface area contributed by atoms with Crippen LogP contribution in [0.2, 0.25) is 0 Å². The third-order valence-corrected chi connectivity index (χ3v) is 1.98. The smallest absolute Gasteiger partial charge is 0.407 e. The van der Waals surface area contributed by atoms with E-state index in [1.165, 1.54) is 0 Å². The van der Waals surface area contributed by atoms with E-state index in [1.54, 1.807) is 6.92 Å². The predicted molar refractivity (Wildman–Crippen MR) is 48.6 cm³/mol. The summed E-state index contributed by atoms with van der Waals surface area (Å²) in [4.78, 5) is 11.0. The summed E-state index contributed by atoms with van der Waals surface area (Å²) in [5.74, 6) is 0.345. The first-order chi connectivity index (χ1) is 6.15. The summed E-state index contributed by atoms with van der Waals surface area (Å²) in [6.45, 7) is 2.07. The maximum atomic E-state index is 11.0. The number of rotatable bonds is 4. The van der Waals surface area contributed by atoms with Crippen molar-refractivity contribution in [1.82, 2.24) is 5.32 Å². The zero-order chi connectivity index (χ0) is 9.84. The lowest BCUT2D eigenvalue weighted by Crippen LogP contribution is -2.45. The highest BCUT2D eigenvalue weighted by Crippen LogP contribution is 2.32. The predicted octanol–water partition coefficient (Wildman–Crippen LogP) is 0.447. The van der Waals surface area contributed by atoms with Gasteiger partial charge in [-0.05, 0) is 25.7 Å². The molecular weight excluding hydrogens is 170 g/mol. The van der Waals surface area contributed by atoms with Crippen LogP contribution in [-0.2, 0) is 4.74 Å². The Bertz CT molecular complexity index is 213. The Balaban J connectivity index is 2.37. The van der Waals surface area contributed by atoms with E-state index < -0.39 is 6.09 Å². The fourth-order valence-corrected chi connectivity index (χ4v) is 1.18. The molecule has 1 amide bonds.